The molecular formula is C13H31N5. The molecule has 0 aliphatic carbocycles. The lowest BCUT2D eigenvalue weighted by atomic mass is 10.2. The van der Waals surface area contributed by atoms with Gasteiger partial charge >= 0.3 is 0 Å². The molecule has 0 radical (unpaired) electrons. The fourth-order valence-corrected chi connectivity index (χ4v) is 2.34. The smallest absolute Gasteiger partial charge is 0.0618 e. The predicted molar refractivity (Wildman–Crippen MR) is 77.5 cm³/mol. The van der Waals surface area contributed by atoms with E-state index in [9.17, 15) is 0 Å². The Morgan fingerprint density at radius 3 is 2.39 bits per heavy atom. The normalized spacial score (nSPS) is 22.0. The summed E-state index contributed by atoms with van der Waals surface area (Å²) in [5.41, 5.74) is 0. The first-order chi connectivity index (χ1) is 8.59. The van der Waals surface area contributed by atoms with Crippen molar-refractivity contribution in [3.63, 3.8) is 0 Å². The first-order valence-electron chi connectivity index (χ1n) is 7.07. The molecule has 1 saturated heterocycles. The third-order valence-corrected chi connectivity index (χ3v) is 3.35. The summed E-state index contributed by atoms with van der Waals surface area (Å²) in [6.45, 7) is 5.48. The van der Waals surface area contributed by atoms with Crippen LogP contribution in [0.5, 0.6) is 0 Å². The van der Waals surface area contributed by atoms with E-state index in [1.165, 1.54) is 38.9 Å². The number of hydrogen-bond acceptors (Lipinski definition) is 5. The summed E-state index contributed by atoms with van der Waals surface area (Å²) in [7, 11) is 8.57. The van der Waals surface area contributed by atoms with Gasteiger partial charge in [-0.25, -0.2) is 0 Å². The lowest BCUT2D eigenvalue weighted by Gasteiger charge is -2.37. The Hall–Kier alpha value is -0.200. The Labute approximate surface area is 112 Å². The van der Waals surface area contributed by atoms with Crippen molar-refractivity contribution >= 4 is 0 Å². The van der Waals surface area contributed by atoms with Gasteiger partial charge < -0.3 is 9.80 Å². The number of nitrogens with zero attached hydrogens (tertiary/aromatic N) is 3. The molecule has 1 atom stereocenters. The molecular weight excluding hydrogens is 226 g/mol. The molecule has 0 aromatic rings. The van der Waals surface area contributed by atoms with Crippen LogP contribution in [0.25, 0.3) is 0 Å². The minimum atomic E-state index is 0.549. The first kappa shape index (κ1) is 15.9. The zero-order valence-corrected chi connectivity index (χ0v) is 12.6. The van der Waals surface area contributed by atoms with Crippen LogP contribution in [-0.2, 0) is 0 Å². The average molecular weight is 257 g/mol. The van der Waals surface area contributed by atoms with Gasteiger partial charge in [0.15, 0.2) is 0 Å². The molecule has 0 amide bonds. The molecule has 108 valence electrons. The van der Waals surface area contributed by atoms with Gasteiger partial charge in [0.2, 0.25) is 0 Å². The van der Waals surface area contributed by atoms with Crippen LogP contribution in [0.3, 0.4) is 0 Å². The van der Waals surface area contributed by atoms with Crippen LogP contribution < -0.4 is 10.6 Å². The van der Waals surface area contributed by atoms with Crippen LogP contribution in [0.2, 0.25) is 0 Å². The maximum Gasteiger partial charge on any atom is 0.0618 e. The highest BCUT2D eigenvalue weighted by molar-refractivity contribution is 4.73. The van der Waals surface area contributed by atoms with Gasteiger partial charge in [0.1, 0.15) is 0 Å². The molecule has 0 spiro atoms. The predicted octanol–water partition coefficient (Wildman–Crippen LogP) is 0.0158. The quantitative estimate of drug-likeness (QED) is 0.640. The van der Waals surface area contributed by atoms with Gasteiger partial charge in [0, 0.05) is 13.2 Å². The van der Waals surface area contributed by atoms with Crippen molar-refractivity contribution < 1.29 is 0 Å². The maximum absolute atomic E-state index is 3.56. The van der Waals surface area contributed by atoms with Crippen LogP contribution in [0.1, 0.15) is 19.3 Å². The molecule has 0 aromatic heterocycles. The summed E-state index contributed by atoms with van der Waals surface area (Å²) in [5.74, 6) is 0. The fraction of sp³-hybridized carbons (Fsp3) is 1.00. The van der Waals surface area contributed by atoms with E-state index in [1.807, 2.05) is 0 Å². The zero-order valence-electron chi connectivity index (χ0n) is 12.6. The van der Waals surface area contributed by atoms with Crippen molar-refractivity contribution in [2.45, 2.75) is 25.4 Å². The van der Waals surface area contributed by atoms with E-state index in [0.29, 0.717) is 6.17 Å². The molecule has 1 heterocycles. The SMILES string of the molecule is CN(C)CCCC1NCNCN1CCCN(C)C. The molecule has 2 N–H and O–H groups in total. The van der Waals surface area contributed by atoms with Gasteiger partial charge in [-0.05, 0) is 60.5 Å². The Morgan fingerprint density at radius 2 is 1.72 bits per heavy atom. The van der Waals surface area contributed by atoms with E-state index in [4.69, 9.17) is 0 Å². The van der Waals surface area contributed by atoms with Crippen molar-refractivity contribution in [1.29, 1.82) is 0 Å². The largest absolute Gasteiger partial charge is 0.309 e. The van der Waals surface area contributed by atoms with Gasteiger partial charge in [-0.15, -0.1) is 0 Å². The van der Waals surface area contributed by atoms with E-state index in [0.717, 1.165) is 13.3 Å². The molecule has 18 heavy (non-hydrogen) atoms. The van der Waals surface area contributed by atoms with Gasteiger partial charge in [-0.2, -0.15) is 0 Å². The minimum Gasteiger partial charge on any atom is -0.309 e. The molecule has 5 heteroatoms. The highest BCUT2D eigenvalue weighted by atomic mass is 15.4. The average Bonchev–Trinajstić information content (AvgIpc) is 2.30. The van der Waals surface area contributed by atoms with E-state index < -0.39 is 0 Å². The van der Waals surface area contributed by atoms with Crippen LogP contribution in [0.15, 0.2) is 0 Å². The van der Waals surface area contributed by atoms with Gasteiger partial charge in [0.25, 0.3) is 0 Å². The Bertz CT molecular complexity index is 186. The third-order valence-electron chi connectivity index (χ3n) is 3.35. The lowest BCUT2D eigenvalue weighted by molar-refractivity contribution is 0.0974. The summed E-state index contributed by atoms with van der Waals surface area (Å²) in [6, 6.07) is 0. The molecule has 1 rings (SSSR count). The lowest BCUT2D eigenvalue weighted by Crippen LogP contribution is -2.58. The highest BCUT2D eigenvalue weighted by Gasteiger charge is 2.20. The van der Waals surface area contributed by atoms with Crippen LogP contribution in [0, 0.1) is 0 Å². The van der Waals surface area contributed by atoms with E-state index in [2.05, 4.69) is 53.5 Å². The molecule has 1 unspecified atom stereocenters. The molecule has 1 fully saturated rings. The molecule has 0 aromatic carbocycles. The monoisotopic (exact) mass is 257 g/mol. The second kappa shape index (κ2) is 8.82. The van der Waals surface area contributed by atoms with E-state index >= 15 is 0 Å². The van der Waals surface area contributed by atoms with Crippen LogP contribution in [-0.4, -0.2) is 82.0 Å². The standard InChI is InChI=1S/C13H31N5/c1-16(2)8-5-7-13-15-11-14-12-18(13)10-6-9-17(3)4/h13-15H,5-12H2,1-4H3. The molecule has 5 nitrogen and oxygen atoms in total. The molecule has 0 saturated carbocycles. The first-order valence-corrected chi connectivity index (χ1v) is 7.07. The number of nitrogens with one attached hydrogen (secondary N) is 2. The molecule has 1 aliphatic rings. The van der Waals surface area contributed by atoms with Crippen molar-refractivity contribution in [1.82, 2.24) is 25.3 Å². The molecule has 0 bridgehead atoms. The van der Waals surface area contributed by atoms with Gasteiger partial charge in [0.05, 0.1) is 12.8 Å². The molecule has 1 aliphatic heterocycles. The summed E-state index contributed by atoms with van der Waals surface area (Å²) < 4.78 is 0. The van der Waals surface area contributed by atoms with Crippen LogP contribution >= 0.6 is 0 Å². The minimum absolute atomic E-state index is 0.549. The summed E-state index contributed by atoms with van der Waals surface area (Å²) in [5, 5.41) is 6.96. The Kier molecular flexibility index (Phi) is 7.77. The Balaban J connectivity index is 2.23. The fourth-order valence-electron chi connectivity index (χ4n) is 2.34. The van der Waals surface area contributed by atoms with Crippen molar-refractivity contribution in [3.8, 4) is 0 Å². The summed E-state index contributed by atoms with van der Waals surface area (Å²) in [6.07, 6.45) is 4.28. The third kappa shape index (κ3) is 6.66. The van der Waals surface area contributed by atoms with E-state index in [-0.39, 0.29) is 0 Å². The number of rotatable bonds is 8. The second-order valence-corrected chi connectivity index (χ2v) is 5.72. The second-order valence-electron chi connectivity index (χ2n) is 5.72. The van der Waals surface area contributed by atoms with Crippen molar-refractivity contribution in [3.05, 3.63) is 0 Å². The van der Waals surface area contributed by atoms with Gasteiger partial charge in [-0.1, -0.05) is 0 Å². The zero-order chi connectivity index (χ0) is 13.4. The summed E-state index contributed by atoms with van der Waals surface area (Å²) in [4.78, 5) is 7.05. The van der Waals surface area contributed by atoms with Crippen LogP contribution in [0.4, 0.5) is 0 Å². The number of hydrogen-bond donors (Lipinski definition) is 2. The maximum atomic E-state index is 3.56. The van der Waals surface area contributed by atoms with Gasteiger partial charge in [-0.3, -0.25) is 15.5 Å². The van der Waals surface area contributed by atoms with Crippen molar-refractivity contribution in [2.24, 2.45) is 0 Å². The highest BCUT2D eigenvalue weighted by Crippen LogP contribution is 2.07. The van der Waals surface area contributed by atoms with E-state index in [1.54, 1.807) is 0 Å². The summed E-state index contributed by atoms with van der Waals surface area (Å²) >= 11 is 0. The Morgan fingerprint density at radius 1 is 1.06 bits per heavy atom. The topological polar surface area (TPSA) is 33.8 Å². The van der Waals surface area contributed by atoms with Crippen molar-refractivity contribution in [2.75, 3.05) is 61.2 Å².